The molecule has 17 heavy (non-hydrogen) atoms. The molecule has 1 aliphatic heterocycles. The number of rotatable bonds is 5. The van der Waals surface area contributed by atoms with Crippen LogP contribution in [0.25, 0.3) is 0 Å². The van der Waals surface area contributed by atoms with Crippen LogP contribution in [0.1, 0.15) is 6.42 Å². The lowest BCUT2D eigenvalue weighted by Gasteiger charge is -2.11. The molecule has 0 aromatic carbocycles. The molecule has 0 saturated carbocycles. The maximum atomic E-state index is 11.2. The van der Waals surface area contributed by atoms with E-state index in [-0.39, 0.29) is 29.9 Å². The molecular weight excluding hydrogens is 289 g/mol. The number of amides is 1. The van der Waals surface area contributed by atoms with Crippen molar-refractivity contribution in [1.29, 1.82) is 0 Å². The second kappa shape index (κ2) is 6.66. The summed E-state index contributed by atoms with van der Waals surface area (Å²) in [6.07, 6.45) is -0.00679. The van der Waals surface area contributed by atoms with Crippen LogP contribution in [-0.2, 0) is 14.6 Å². The monoisotopic (exact) mass is 303 g/mol. The highest BCUT2D eigenvalue weighted by atomic mass is 35.5. The molecule has 1 saturated heterocycles. The highest BCUT2D eigenvalue weighted by Crippen LogP contribution is 2.17. The normalized spacial score (nSPS) is 24.2. The Balaban J connectivity index is 2.16. The van der Waals surface area contributed by atoms with E-state index in [4.69, 9.17) is 27.9 Å². The number of carbonyl (C=O) groups is 1. The first-order chi connectivity index (χ1) is 7.93. The quantitative estimate of drug-likeness (QED) is 0.769. The average molecular weight is 304 g/mol. The number of hydrogen-bond donors (Lipinski definition) is 1. The van der Waals surface area contributed by atoms with Crippen LogP contribution in [0.5, 0.6) is 0 Å². The summed E-state index contributed by atoms with van der Waals surface area (Å²) in [5.41, 5.74) is 0. The van der Waals surface area contributed by atoms with Crippen LogP contribution in [0.15, 0.2) is 0 Å². The maximum absolute atomic E-state index is 11.2. The van der Waals surface area contributed by atoms with Gasteiger partial charge in [0, 0.05) is 12.4 Å². The summed E-state index contributed by atoms with van der Waals surface area (Å²) in [7, 11) is -2.90. The van der Waals surface area contributed by atoms with E-state index >= 15 is 0 Å². The van der Waals surface area contributed by atoms with Gasteiger partial charge in [-0.2, -0.15) is 0 Å². The topological polar surface area (TPSA) is 72.5 Å². The number of ether oxygens (including phenoxy) is 1. The van der Waals surface area contributed by atoms with Gasteiger partial charge in [-0.3, -0.25) is 0 Å². The van der Waals surface area contributed by atoms with Crippen molar-refractivity contribution in [1.82, 2.24) is 5.32 Å². The predicted octanol–water partition coefficient (Wildman–Crippen LogP) is 0.994. The largest absolute Gasteiger partial charge is 0.448 e. The molecule has 1 aliphatic rings. The Morgan fingerprint density at radius 3 is 2.76 bits per heavy atom. The molecule has 8 heteroatoms. The van der Waals surface area contributed by atoms with Crippen molar-refractivity contribution in [3.8, 4) is 0 Å². The van der Waals surface area contributed by atoms with Gasteiger partial charge in [0.1, 0.15) is 6.61 Å². The SMILES string of the molecule is O=C(NC[C@H]1CCS(=O)(=O)C1)OC[C@H](Cl)CCl. The van der Waals surface area contributed by atoms with Crippen LogP contribution >= 0.6 is 23.2 Å². The van der Waals surface area contributed by atoms with E-state index in [1.54, 1.807) is 0 Å². The third kappa shape index (κ3) is 5.79. The van der Waals surface area contributed by atoms with Crippen LogP contribution in [0, 0.1) is 5.92 Å². The van der Waals surface area contributed by atoms with E-state index in [1.165, 1.54) is 0 Å². The van der Waals surface area contributed by atoms with Crippen molar-refractivity contribution in [2.75, 3.05) is 30.5 Å². The zero-order valence-electron chi connectivity index (χ0n) is 9.19. The summed E-state index contributed by atoms with van der Waals surface area (Å²) >= 11 is 11.1. The van der Waals surface area contributed by atoms with Gasteiger partial charge in [-0.1, -0.05) is 0 Å². The summed E-state index contributed by atoms with van der Waals surface area (Å²) in [6.45, 7) is 0.353. The minimum Gasteiger partial charge on any atom is -0.448 e. The van der Waals surface area contributed by atoms with Gasteiger partial charge in [-0.05, 0) is 12.3 Å². The third-order valence-corrected chi connectivity index (χ3v) is 5.07. The number of carbonyl (C=O) groups excluding carboxylic acids is 1. The Morgan fingerprint density at radius 1 is 1.53 bits per heavy atom. The average Bonchev–Trinajstić information content (AvgIpc) is 2.63. The van der Waals surface area contributed by atoms with Gasteiger partial charge in [0.2, 0.25) is 0 Å². The molecule has 1 amide bonds. The highest BCUT2D eigenvalue weighted by molar-refractivity contribution is 7.91. The fourth-order valence-electron chi connectivity index (χ4n) is 1.52. The van der Waals surface area contributed by atoms with E-state index in [2.05, 4.69) is 5.32 Å². The zero-order chi connectivity index (χ0) is 12.9. The van der Waals surface area contributed by atoms with Gasteiger partial charge in [0.15, 0.2) is 9.84 Å². The molecule has 2 atom stereocenters. The maximum Gasteiger partial charge on any atom is 0.407 e. The molecule has 100 valence electrons. The van der Waals surface area contributed by atoms with Gasteiger partial charge >= 0.3 is 6.09 Å². The summed E-state index contributed by atoms with van der Waals surface area (Å²) in [4.78, 5) is 11.2. The van der Waals surface area contributed by atoms with E-state index < -0.39 is 21.3 Å². The summed E-state index contributed by atoms with van der Waals surface area (Å²) in [5, 5.41) is 2.11. The first-order valence-electron chi connectivity index (χ1n) is 5.24. The van der Waals surface area contributed by atoms with Crippen LogP contribution in [0.4, 0.5) is 4.79 Å². The van der Waals surface area contributed by atoms with Crippen LogP contribution in [0.3, 0.4) is 0 Å². The lowest BCUT2D eigenvalue weighted by molar-refractivity contribution is 0.146. The second-order valence-corrected chi connectivity index (χ2v) is 7.15. The summed E-state index contributed by atoms with van der Waals surface area (Å²) in [5.74, 6) is 0.514. The van der Waals surface area contributed by atoms with E-state index in [0.29, 0.717) is 13.0 Å². The number of alkyl halides is 2. The second-order valence-electron chi connectivity index (χ2n) is 4.00. The van der Waals surface area contributed by atoms with E-state index in [1.807, 2.05) is 0 Å². The van der Waals surface area contributed by atoms with E-state index in [0.717, 1.165) is 0 Å². The Labute approximate surface area is 111 Å². The van der Waals surface area contributed by atoms with Crippen molar-refractivity contribution >= 4 is 39.1 Å². The van der Waals surface area contributed by atoms with Gasteiger partial charge in [0.05, 0.1) is 16.9 Å². The summed E-state index contributed by atoms with van der Waals surface area (Å²) in [6, 6.07) is 0. The van der Waals surface area contributed by atoms with E-state index in [9.17, 15) is 13.2 Å². The standard InChI is InChI=1S/C9H15Cl2NO4S/c10-3-8(11)5-16-9(13)12-4-7-1-2-17(14,15)6-7/h7-8H,1-6H2,(H,12,13)/t7-,8-/m1/s1. The molecule has 0 aromatic heterocycles. The summed E-state index contributed by atoms with van der Waals surface area (Å²) < 4.78 is 27.1. The Morgan fingerprint density at radius 2 is 2.24 bits per heavy atom. The smallest absolute Gasteiger partial charge is 0.407 e. The van der Waals surface area contributed by atoms with Gasteiger partial charge < -0.3 is 10.1 Å². The third-order valence-electron chi connectivity index (χ3n) is 2.42. The molecule has 0 unspecified atom stereocenters. The Hall–Kier alpha value is -0.200. The lowest BCUT2D eigenvalue weighted by Crippen LogP contribution is -2.31. The fraction of sp³-hybridized carbons (Fsp3) is 0.889. The van der Waals surface area contributed by atoms with Crippen molar-refractivity contribution in [2.24, 2.45) is 5.92 Å². The first kappa shape index (κ1) is 14.9. The minimum absolute atomic E-state index is 0.0209. The molecular formula is C9H15Cl2NO4S. The van der Waals surface area contributed by atoms with Crippen LogP contribution in [-0.4, -0.2) is 50.4 Å². The molecule has 1 heterocycles. The lowest BCUT2D eigenvalue weighted by atomic mass is 10.1. The number of alkyl carbamates (subject to hydrolysis) is 1. The molecule has 5 nitrogen and oxygen atoms in total. The Bertz CT molecular complexity index is 360. The molecule has 0 spiro atoms. The molecule has 1 fully saturated rings. The number of halogens is 2. The molecule has 0 aromatic rings. The first-order valence-corrected chi connectivity index (χ1v) is 8.03. The Kier molecular flexibility index (Phi) is 5.82. The highest BCUT2D eigenvalue weighted by Gasteiger charge is 2.28. The predicted molar refractivity (Wildman–Crippen MR) is 66.5 cm³/mol. The fourth-order valence-corrected chi connectivity index (χ4v) is 3.54. The number of sulfone groups is 1. The van der Waals surface area contributed by atoms with Crippen molar-refractivity contribution in [3.05, 3.63) is 0 Å². The molecule has 1 N–H and O–H groups in total. The van der Waals surface area contributed by atoms with Crippen molar-refractivity contribution < 1.29 is 17.9 Å². The minimum atomic E-state index is -2.90. The number of hydrogen-bond acceptors (Lipinski definition) is 4. The van der Waals surface area contributed by atoms with Crippen LogP contribution < -0.4 is 5.32 Å². The molecule has 1 rings (SSSR count). The number of nitrogens with one attached hydrogen (secondary N) is 1. The van der Waals surface area contributed by atoms with Gasteiger partial charge in [0.25, 0.3) is 0 Å². The molecule has 0 bridgehead atoms. The van der Waals surface area contributed by atoms with Gasteiger partial charge in [-0.15, -0.1) is 23.2 Å². The zero-order valence-corrected chi connectivity index (χ0v) is 11.5. The van der Waals surface area contributed by atoms with Crippen molar-refractivity contribution in [2.45, 2.75) is 11.8 Å². The molecule has 0 aliphatic carbocycles. The van der Waals surface area contributed by atoms with Crippen molar-refractivity contribution in [3.63, 3.8) is 0 Å². The van der Waals surface area contributed by atoms with Crippen LogP contribution in [0.2, 0.25) is 0 Å². The molecule has 0 radical (unpaired) electrons. The van der Waals surface area contributed by atoms with Gasteiger partial charge in [-0.25, -0.2) is 13.2 Å².